The predicted molar refractivity (Wildman–Crippen MR) is 94.4 cm³/mol. The standard InChI is InChI=1S/C18H14ClFN2O4/c1-24-14-7-6-10(8-15(14)25-2)11-9-21-26-18(11)22-17(23)16-12(19)4-3-5-13(16)20/h3-9H,1-2H3,(H,22,23). The molecule has 2 aromatic carbocycles. The van der Waals surface area contributed by atoms with Gasteiger partial charge < -0.3 is 14.0 Å². The van der Waals surface area contributed by atoms with E-state index >= 15 is 0 Å². The molecule has 3 aromatic rings. The number of nitrogens with one attached hydrogen (secondary N) is 1. The molecule has 0 aliphatic heterocycles. The molecule has 0 spiro atoms. The number of amides is 1. The Balaban J connectivity index is 1.93. The Morgan fingerprint density at radius 2 is 1.96 bits per heavy atom. The number of hydrogen-bond donors (Lipinski definition) is 1. The number of rotatable bonds is 5. The Bertz CT molecular complexity index is 938. The van der Waals surface area contributed by atoms with Crippen LogP contribution in [0.5, 0.6) is 11.5 Å². The van der Waals surface area contributed by atoms with Gasteiger partial charge in [0.05, 0.1) is 36.6 Å². The summed E-state index contributed by atoms with van der Waals surface area (Å²) in [5.41, 5.74) is 0.884. The van der Waals surface area contributed by atoms with Gasteiger partial charge in [0.2, 0.25) is 5.88 Å². The molecule has 0 saturated carbocycles. The molecule has 26 heavy (non-hydrogen) atoms. The maximum atomic E-state index is 13.9. The number of methoxy groups -OCH3 is 2. The van der Waals surface area contributed by atoms with Crippen molar-refractivity contribution in [3.05, 3.63) is 59.0 Å². The number of carbonyl (C=O) groups excluding carboxylic acids is 1. The van der Waals surface area contributed by atoms with Crippen LogP contribution < -0.4 is 14.8 Å². The monoisotopic (exact) mass is 376 g/mol. The minimum absolute atomic E-state index is 0.00492. The molecule has 0 atom stereocenters. The summed E-state index contributed by atoms with van der Waals surface area (Å²) in [6, 6.07) is 9.15. The van der Waals surface area contributed by atoms with Crippen LogP contribution in [-0.4, -0.2) is 25.3 Å². The van der Waals surface area contributed by atoms with E-state index in [0.717, 1.165) is 6.07 Å². The van der Waals surface area contributed by atoms with Gasteiger partial charge in [-0.1, -0.05) is 28.9 Å². The van der Waals surface area contributed by atoms with E-state index in [-0.39, 0.29) is 16.5 Å². The van der Waals surface area contributed by atoms with Crippen molar-refractivity contribution in [2.75, 3.05) is 19.5 Å². The molecule has 1 N–H and O–H groups in total. The number of halogens is 2. The normalized spacial score (nSPS) is 10.5. The van der Waals surface area contributed by atoms with Gasteiger partial charge in [-0.2, -0.15) is 0 Å². The molecule has 1 heterocycles. The van der Waals surface area contributed by atoms with Gasteiger partial charge in [0.15, 0.2) is 11.5 Å². The molecule has 6 nitrogen and oxygen atoms in total. The largest absolute Gasteiger partial charge is 0.493 e. The van der Waals surface area contributed by atoms with Gasteiger partial charge in [-0.15, -0.1) is 0 Å². The van der Waals surface area contributed by atoms with Crippen LogP contribution in [0.4, 0.5) is 10.3 Å². The Morgan fingerprint density at radius 1 is 1.19 bits per heavy atom. The number of aromatic nitrogens is 1. The van der Waals surface area contributed by atoms with Gasteiger partial charge in [-0.05, 0) is 29.8 Å². The van der Waals surface area contributed by atoms with E-state index in [1.807, 2.05) is 0 Å². The number of anilines is 1. The Labute approximate surface area is 153 Å². The first-order valence-corrected chi connectivity index (χ1v) is 7.85. The maximum Gasteiger partial charge on any atom is 0.262 e. The minimum atomic E-state index is -0.744. The molecule has 134 valence electrons. The molecule has 0 unspecified atom stereocenters. The average molecular weight is 377 g/mol. The predicted octanol–water partition coefficient (Wildman–Crippen LogP) is 4.40. The lowest BCUT2D eigenvalue weighted by molar-refractivity contribution is 0.102. The highest BCUT2D eigenvalue weighted by molar-refractivity contribution is 6.34. The zero-order valence-electron chi connectivity index (χ0n) is 13.9. The molecule has 0 bridgehead atoms. The highest BCUT2D eigenvalue weighted by Crippen LogP contribution is 2.35. The quantitative estimate of drug-likeness (QED) is 0.714. The maximum absolute atomic E-state index is 13.9. The summed E-state index contributed by atoms with van der Waals surface area (Å²) in [4.78, 5) is 12.4. The Morgan fingerprint density at radius 3 is 2.65 bits per heavy atom. The number of carbonyl (C=O) groups is 1. The number of benzene rings is 2. The van der Waals surface area contributed by atoms with Crippen LogP contribution in [0.1, 0.15) is 10.4 Å². The van der Waals surface area contributed by atoms with Crippen molar-refractivity contribution in [3.63, 3.8) is 0 Å². The lowest BCUT2D eigenvalue weighted by Gasteiger charge is -2.10. The lowest BCUT2D eigenvalue weighted by atomic mass is 10.1. The third-order valence-corrected chi connectivity index (χ3v) is 4.00. The van der Waals surface area contributed by atoms with Gasteiger partial charge in [-0.25, -0.2) is 4.39 Å². The van der Waals surface area contributed by atoms with Crippen molar-refractivity contribution in [1.82, 2.24) is 5.16 Å². The molecule has 0 saturated heterocycles. The van der Waals surface area contributed by atoms with E-state index in [2.05, 4.69) is 10.5 Å². The summed E-state index contributed by atoms with van der Waals surface area (Å²) >= 11 is 5.92. The summed E-state index contributed by atoms with van der Waals surface area (Å²) in [7, 11) is 3.04. The Kier molecular flexibility index (Phi) is 5.09. The smallest absolute Gasteiger partial charge is 0.262 e. The van der Waals surface area contributed by atoms with Crippen molar-refractivity contribution < 1.29 is 23.2 Å². The van der Waals surface area contributed by atoms with Crippen molar-refractivity contribution in [1.29, 1.82) is 0 Å². The van der Waals surface area contributed by atoms with Crippen LogP contribution in [0.25, 0.3) is 11.1 Å². The van der Waals surface area contributed by atoms with Crippen LogP contribution in [-0.2, 0) is 0 Å². The molecular formula is C18H14ClFN2O4. The SMILES string of the molecule is COc1ccc(-c2cnoc2NC(=O)c2c(F)cccc2Cl)cc1OC. The summed E-state index contributed by atoms with van der Waals surface area (Å²) in [6.07, 6.45) is 1.43. The van der Waals surface area contributed by atoms with Crippen LogP contribution in [0.15, 0.2) is 47.1 Å². The fraction of sp³-hybridized carbons (Fsp3) is 0.111. The molecule has 0 aliphatic carbocycles. The minimum Gasteiger partial charge on any atom is -0.493 e. The van der Waals surface area contributed by atoms with Gasteiger partial charge in [0.25, 0.3) is 5.91 Å². The summed E-state index contributed by atoms with van der Waals surface area (Å²) in [5, 5.41) is 6.18. The highest BCUT2D eigenvalue weighted by atomic mass is 35.5. The van der Waals surface area contributed by atoms with Crippen molar-refractivity contribution >= 4 is 23.4 Å². The molecule has 3 rings (SSSR count). The van der Waals surface area contributed by atoms with E-state index in [1.165, 1.54) is 32.5 Å². The van der Waals surface area contributed by atoms with Crippen molar-refractivity contribution in [2.45, 2.75) is 0 Å². The second kappa shape index (κ2) is 7.45. The molecule has 1 amide bonds. The molecule has 0 fully saturated rings. The summed E-state index contributed by atoms with van der Waals surface area (Å²) in [5.74, 6) is -0.368. The van der Waals surface area contributed by atoms with Crippen LogP contribution >= 0.6 is 11.6 Å². The van der Waals surface area contributed by atoms with Gasteiger partial charge >= 0.3 is 0 Å². The van der Waals surface area contributed by atoms with E-state index in [9.17, 15) is 9.18 Å². The van der Waals surface area contributed by atoms with E-state index in [0.29, 0.717) is 22.6 Å². The molecule has 1 aromatic heterocycles. The molecule has 8 heteroatoms. The number of hydrogen-bond acceptors (Lipinski definition) is 5. The van der Waals surface area contributed by atoms with Gasteiger partial charge in [-0.3, -0.25) is 10.1 Å². The average Bonchev–Trinajstić information content (AvgIpc) is 3.09. The second-order valence-corrected chi connectivity index (χ2v) is 5.60. The lowest BCUT2D eigenvalue weighted by Crippen LogP contribution is -2.14. The fourth-order valence-corrected chi connectivity index (χ4v) is 2.67. The second-order valence-electron chi connectivity index (χ2n) is 5.19. The van der Waals surface area contributed by atoms with Crippen molar-refractivity contribution in [3.8, 4) is 22.6 Å². The van der Waals surface area contributed by atoms with E-state index in [4.69, 9.17) is 25.6 Å². The third-order valence-electron chi connectivity index (χ3n) is 3.68. The van der Waals surface area contributed by atoms with E-state index < -0.39 is 11.7 Å². The van der Waals surface area contributed by atoms with Crippen LogP contribution in [0.2, 0.25) is 5.02 Å². The zero-order chi connectivity index (χ0) is 18.7. The Hall–Kier alpha value is -3.06. The first-order chi connectivity index (χ1) is 12.5. The third kappa shape index (κ3) is 3.34. The van der Waals surface area contributed by atoms with Crippen molar-refractivity contribution in [2.24, 2.45) is 0 Å². The van der Waals surface area contributed by atoms with Gasteiger partial charge in [0.1, 0.15) is 5.82 Å². The number of ether oxygens (including phenoxy) is 2. The topological polar surface area (TPSA) is 73.6 Å². The summed E-state index contributed by atoms with van der Waals surface area (Å²) in [6.45, 7) is 0. The fourth-order valence-electron chi connectivity index (χ4n) is 2.42. The van der Waals surface area contributed by atoms with Gasteiger partial charge in [0, 0.05) is 0 Å². The molecule has 0 radical (unpaired) electrons. The van der Waals surface area contributed by atoms with E-state index in [1.54, 1.807) is 18.2 Å². The first-order valence-electron chi connectivity index (χ1n) is 7.47. The first kappa shape index (κ1) is 17.8. The molecular weight excluding hydrogens is 363 g/mol. The number of nitrogens with zero attached hydrogens (tertiary/aromatic N) is 1. The zero-order valence-corrected chi connectivity index (χ0v) is 14.6. The van der Waals surface area contributed by atoms with Crippen LogP contribution in [0.3, 0.4) is 0 Å². The molecule has 0 aliphatic rings. The highest BCUT2D eigenvalue weighted by Gasteiger charge is 2.20. The summed E-state index contributed by atoms with van der Waals surface area (Å²) < 4.78 is 29.5. The van der Waals surface area contributed by atoms with Crippen LogP contribution in [0, 0.1) is 5.82 Å².